The number of nitrogens with zero attached hydrogens (tertiary/aromatic N) is 6. The molecule has 4 heterocycles. The van der Waals surface area contributed by atoms with Gasteiger partial charge in [0.1, 0.15) is 21.6 Å². The number of alkyl halides is 5. The van der Waals surface area contributed by atoms with Crippen LogP contribution < -0.4 is 20.3 Å². The van der Waals surface area contributed by atoms with Gasteiger partial charge in [-0.1, -0.05) is 40.9 Å². The maximum atomic E-state index is 13.2. The molecule has 11 nitrogen and oxygen atoms in total. The van der Waals surface area contributed by atoms with Crippen molar-refractivity contribution in [3.63, 3.8) is 0 Å². The molecule has 2 atom stereocenters. The Kier molecular flexibility index (Phi) is 8.82. The third-order valence-corrected chi connectivity index (χ3v) is 9.31. The van der Waals surface area contributed by atoms with Crippen molar-refractivity contribution in [2.75, 3.05) is 28.6 Å². The fourth-order valence-electron chi connectivity index (χ4n) is 5.28. The number of amides is 2. The van der Waals surface area contributed by atoms with E-state index in [1.54, 1.807) is 18.2 Å². The summed E-state index contributed by atoms with van der Waals surface area (Å²) < 4.78 is 67.8. The zero-order valence-electron chi connectivity index (χ0n) is 23.8. The van der Waals surface area contributed by atoms with Crippen LogP contribution in [0.1, 0.15) is 52.4 Å². The monoisotopic (exact) mass is 680 g/mol. The number of pyridine rings is 1. The van der Waals surface area contributed by atoms with E-state index in [0.29, 0.717) is 22.2 Å². The van der Waals surface area contributed by atoms with E-state index in [9.17, 15) is 31.5 Å². The highest BCUT2D eigenvalue weighted by Crippen LogP contribution is 2.45. The first-order chi connectivity index (χ1) is 21.9. The molecule has 2 fully saturated rings. The Hall–Kier alpha value is -4.32. The van der Waals surface area contributed by atoms with Crippen LogP contribution in [-0.2, 0) is 22.4 Å². The second-order valence-corrected chi connectivity index (χ2v) is 13.0. The minimum Gasteiger partial charge on any atom is -0.406 e. The van der Waals surface area contributed by atoms with Gasteiger partial charge in [0, 0.05) is 11.8 Å². The molecule has 1 aromatic carbocycles. The second kappa shape index (κ2) is 12.8. The molecule has 1 saturated carbocycles. The van der Waals surface area contributed by atoms with Gasteiger partial charge >= 0.3 is 6.36 Å². The van der Waals surface area contributed by atoms with Gasteiger partial charge in [0.05, 0.1) is 31.6 Å². The number of hydrogen-bond acceptors (Lipinski definition) is 11. The maximum absolute atomic E-state index is 13.2. The summed E-state index contributed by atoms with van der Waals surface area (Å²) in [4.78, 5) is 30.9. The van der Waals surface area contributed by atoms with Crippen LogP contribution in [0, 0.1) is 0 Å². The summed E-state index contributed by atoms with van der Waals surface area (Å²) in [5.74, 6) is -3.36. The maximum Gasteiger partial charge on any atom is 0.573 e. The van der Waals surface area contributed by atoms with Crippen molar-refractivity contribution in [1.82, 2.24) is 25.4 Å². The molecular weight excluding hydrogens is 655 g/mol. The van der Waals surface area contributed by atoms with Crippen LogP contribution in [0.3, 0.4) is 0 Å². The number of hydrogen-bond donors (Lipinski definition) is 2. The molecule has 2 amide bonds. The minimum absolute atomic E-state index is 0.0483. The summed E-state index contributed by atoms with van der Waals surface area (Å²) in [5.41, 5.74) is 0.795. The molecule has 18 heteroatoms. The van der Waals surface area contributed by atoms with E-state index in [1.165, 1.54) is 39.7 Å². The largest absolute Gasteiger partial charge is 0.573 e. The molecule has 6 rings (SSSR count). The highest BCUT2D eigenvalue weighted by molar-refractivity contribution is 7.15. The van der Waals surface area contributed by atoms with Gasteiger partial charge in [0.2, 0.25) is 22.1 Å². The molecule has 2 N–H and O–H groups in total. The quantitative estimate of drug-likeness (QED) is 0.207. The van der Waals surface area contributed by atoms with Gasteiger partial charge in [-0.15, -0.1) is 33.6 Å². The van der Waals surface area contributed by atoms with Crippen LogP contribution in [0.15, 0.2) is 42.5 Å². The van der Waals surface area contributed by atoms with Crippen molar-refractivity contribution in [2.45, 2.75) is 56.2 Å². The highest BCUT2D eigenvalue weighted by atomic mass is 32.1. The number of nitrogens with one attached hydrogen (secondary N) is 2. The first-order valence-electron chi connectivity index (χ1n) is 14.1. The predicted molar refractivity (Wildman–Crippen MR) is 158 cm³/mol. The van der Waals surface area contributed by atoms with Gasteiger partial charge in [-0.05, 0) is 49.1 Å². The van der Waals surface area contributed by atoms with Crippen molar-refractivity contribution in [3.8, 4) is 5.75 Å². The molecular formula is C28H25F5N8O3S2. The van der Waals surface area contributed by atoms with Crippen LogP contribution >= 0.6 is 22.7 Å². The van der Waals surface area contributed by atoms with Crippen molar-refractivity contribution < 1.29 is 36.3 Å². The average molecular weight is 681 g/mol. The molecule has 1 aliphatic heterocycles. The lowest BCUT2D eigenvalue weighted by Crippen LogP contribution is -2.56. The molecule has 242 valence electrons. The SMILES string of the molecule is O=C(Cc1cccc(OC(F)(F)F)c1)Nc1nnc([C@H]2CC[C@H](c3nnc(NC(=O)Cc4cccc(N5CC(F)(F)C5)n4)s3)C2)s1. The van der Waals surface area contributed by atoms with Gasteiger partial charge in [0.15, 0.2) is 0 Å². The van der Waals surface area contributed by atoms with Gasteiger partial charge in [0.25, 0.3) is 5.92 Å². The van der Waals surface area contributed by atoms with Gasteiger partial charge in [-0.3, -0.25) is 9.59 Å². The summed E-state index contributed by atoms with van der Waals surface area (Å²) in [7, 11) is 0. The fraction of sp³-hybridized carbons (Fsp3) is 0.393. The van der Waals surface area contributed by atoms with Crippen molar-refractivity contribution in [2.24, 2.45) is 0 Å². The van der Waals surface area contributed by atoms with E-state index < -0.39 is 37.0 Å². The Balaban J connectivity index is 0.978. The number of anilines is 3. The molecule has 46 heavy (non-hydrogen) atoms. The number of halogens is 5. The van der Waals surface area contributed by atoms with Crippen LogP contribution in [0.5, 0.6) is 5.75 Å². The van der Waals surface area contributed by atoms with Crippen molar-refractivity contribution in [3.05, 3.63) is 63.7 Å². The molecule has 1 saturated heterocycles. The Bertz CT molecular complexity index is 1720. The van der Waals surface area contributed by atoms with E-state index in [4.69, 9.17) is 0 Å². The molecule has 0 unspecified atom stereocenters. The van der Waals surface area contributed by atoms with Crippen LogP contribution in [0.4, 0.5) is 38.0 Å². The van der Waals surface area contributed by atoms with Gasteiger partial charge < -0.3 is 20.3 Å². The third kappa shape index (κ3) is 8.09. The summed E-state index contributed by atoms with van der Waals surface area (Å²) in [5, 5.41) is 24.2. The summed E-state index contributed by atoms with van der Waals surface area (Å²) in [6.07, 6.45) is -2.70. The van der Waals surface area contributed by atoms with Crippen LogP contribution in [-0.4, -0.2) is 62.6 Å². The lowest BCUT2D eigenvalue weighted by atomic mass is 10.1. The highest BCUT2D eigenvalue weighted by Gasteiger charge is 2.44. The first kappa shape index (κ1) is 31.7. The Morgan fingerprint density at radius 2 is 1.50 bits per heavy atom. The predicted octanol–water partition coefficient (Wildman–Crippen LogP) is 5.55. The molecule has 4 aromatic rings. The van der Waals surface area contributed by atoms with Crippen LogP contribution in [0.2, 0.25) is 0 Å². The first-order valence-corrected chi connectivity index (χ1v) is 15.7. The van der Waals surface area contributed by atoms with Crippen molar-refractivity contribution in [1.29, 1.82) is 0 Å². The zero-order valence-corrected chi connectivity index (χ0v) is 25.4. The number of rotatable bonds is 10. The lowest BCUT2D eigenvalue weighted by Gasteiger charge is -2.39. The zero-order chi connectivity index (χ0) is 32.5. The normalized spacial score (nSPS) is 19.0. The standard InChI is InChI=1S/C28H25F5N8O3S2/c29-27(30)13-41(14-27)20-6-2-4-18(34-20)12-22(43)36-26-40-38-24(46-26)17-8-7-16(11-17)23-37-39-25(45-23)35-21(42)10-15-3-1-5-19(9-15)44-28(31,32)33/h1-6,9,16-17H,7-8,10-14H2,(H,35,39,42)(H,36,40,43)/t16-,17-/m0/s1. The average Bonchev–Trinajstić information content (AvgIpc) is 3.72. The molecule has 0 spiro atoms. The fourth-order valence-corrected chi connectivity index (χ4v) is 7.09. The van der Waals surface area contributed by atoms with E-state index >= 15 is 0 Å². The number of ether oxygens (including phenoxy) is 1. The molecule has 0 radical (unpaired) electrons. The Labute approximate surface area is 266 Å². The molecule has 1 aliphatic carbocycles. The number of carbonyl (C=O) groups excluding carboxylic acids is 2. The Morgan fingerprint density at radius 3 is 2.11 bits per heavy atom. The van der Waals surface area contributed by atoms with E-state index in [-0.39, 0.29) is 35.7 Å². The summed E-state index contributed by atoms with van der Waals surface area (Å²) in [6, 6.07) is 10.2. The number of carbonyl (C=O) groups is 2. The van der Waals surface area contributed by atoms with Crippen LogP contribution in [0.25, 0.3) is 0 Å². The van der Waals surface area contributed by atoms with E-state index in [1.807, 2.05) is 0 Å². The topological polar surface area (TPSA) is 135 Å². The third-order valence-electron chi connectivity index (χ3n) is 7.30. The van der Waals surface area contributed by atoms with Crippen molar-refractivity contribution >= 4 is 50.6 Å². The lowest BCUT2D eigenvalue weighted by molar-refractivity contribution is -0.274. The smallest absolute Gasteiger partial charge is 0.406 e. The molecule has 2 aliphatic rings. The minimum atomic E-state index is -4.83. The summed E-state index contributed by atoms with van der Waals surface area (Å²) >= 11 is 2.51. The van der Waals surface area contributed by atoms with Gasteiger partial charge in [-0.2, -0.15) is 0 Å². The number of aromatic nitrogens is 5. The van der Waals surface area contributed by atoms with E-state index in [2.05, 4.69) is 40.7 Å². The van der Waals surface area contributed by atoms with E-state index in [0.717, 1.165) is 41.4 Å². The Morgan fingerprint density at radius 1 is 0.891 bits per heavy atom. The second-order valence-electron chi connectivity index (χ2n) is 10.9. The summed E-state index contributed by atoms with van der Waals surface area (Å²) in [6.45, 7) is -0.791. The molecule has 3 aromatic heterocycles. The number of benzene rings is 1. The molecule has 0 bridgehead atoms. The van der Waals surface area contributed by atoms with Gasteiger partial charge in [-0.25, -0.2) is 13.8 Å².